The summed E-state index contributed by atoms with van der Waals surface area (Å²) in [4.78, 5) is 12.6. The number of carbonyl (C=O) groups is 1. The number of benzene rings is 1. The molecule has 0 unspecified atom stereocenters. The van der Waals surface area contributed by atoms with Gasteiger partial charge in [0.1, 0.15) is 0 Å². The molecular weight excluding hydrogens is 362 g/mol. The number of amides is 1. The standard InChI is InChI=1S/C22H26ClNO3/c23-18-9-14(10-19-21(18)27-5-1-4-26-19)2-3-20(25)24-22-11-15-6-16(12-22)8-17(7-15)13-22/h2-3,9-10,15-17H,1,4-8,11-13H2,(H,24,25). The predicted molar refractivity (Wildman–Crippen MR) is 105 cm³/mol. The molecule has 1 heterocycles. The van der Waals surface area contributed by atoms with Crippen LogP contribution in [-0.2, 0) is 4.79 Å². The van der Waals surface area contributed by atoms with Crippen LogP contribution in [-0.4, -0.2) is 24.7 Å². The molecule has 1 aliphatic heterocycles. The normalized spacial score (nSPS) is 33.9. The van der Waals surface area contributed by atoms with Crippen molar-refractivity contribution in [1.29, 1.82) is 0 Å². The summed E-state index contributed by atoms with van der Waals surface area (Å²) in [5.74, 6) is 3.72. The molecule has 144 valence electrons. The Morgan fingerprint density at radius 2 is 1.74 bits per heavy atom. The van der Waals surface area contributed by atoms with Gasteiger partial charge in [0.05, 0.1) is 18.2 Å². The van der Waals surface area contributed by atoms with Crippen molar-refractivity contribution in [3.05, 3.63) is 28.8 Å². The van der Waals surface area contributed by atoms with Crippen molar-refractivity contribution >= 4 is 23.6 Å². The number of hydrogen-bond donors (Lipinski definition) is 1. The van der Waals surface area contributed by atoms with Gasteiger partial charge in [-0.05, 0) is 80.1 Å². The van der Waals surface area contributed by atoms with E-state index in [0.717, 1.165) is 49.0 Å². The van der Waals surface area contributed by atoms with Crippen molar-refractivity contribution in [3.63, 3.8) is 0 Å². The Kier molecular flexibility index (Phi) is 4.34. The van der Waals surface area contributed by atoms with Crippen LogP contribution in [0.1, 0.15) is 50.5 Å². The minimum absolute atomic E-state index is 0.000170. The Labute approximate surface area is 165 Å². The molecular formula is C22H26ClNO3. The molecule has 0 radical (unpaired) electrons. The van der Waals surface area contributed by atoms with Crippen LogP contribution in [0.5, 0.6) is 11.5 Å². The minimum Gasteiger partial charge on any atom is -0.489 e. The van der Waals surface area contributed by atoms with Crippen molar-refractivity contribution in [2.24, 2.45) is 17.8 Å². The quantitative estimate of drug-likeness (QED) is 0.771. The van der Waals surface area contributed by atoms with Crippen LogP contribution in [0.2, 0.25) is 5.02 Å². The van der Waals surface area contributed by atoms with Gasteiger partial charge in [-0.15, -0.1) is 0 Å². The Morgan fingerprint density at radius 1 is 1.07 bits per heavy atom. The maximum absolute atomic E-state index is 12.6. The summed E-state index contributed by atoms with van der Waals surface area (Å²) < 4.78 is 11.4. The first-order valence-electron chi connectivity index (χ1n) is 10.2. The van der Waals surface area contributed by atoms with Crippen molar-refractivity contribution < 1.29 is 14.3 Å². The first kappa shape index (κ1) is 17.4. The number of fused-ring (bicyclic) bond motifs is 1. The molecule has 5 heteroatoms. The third-order valence-corrected chi connectivity index (χ3v) is 6.96. The van der Waals surface area contributed by atoms with Gasteiger partial charge in [0.2, 0.25) is 5.91 Å². The van der Waals surface area contributed by atoms with Crippen LogP contribution in [0.25, 0.3) is 6.08 Å². The fourth-order valence-corrected chi connectivity index (χ4v) is 6.36. The molecule has 1 amide bonds. The number of halogens is 1. The van der Waals surface area contributed by atoms with Gasteiger partial charge >= 0.3 is 0 Å². The molecule has 0 atom stereocenters. The van der Waals surface area contributed by atoms with Crippen molar-refractivity contribution in [2.75, 3.05) is 13.2 Å². The average Bonchev–Trinajstić information content (AvgIpc) is 2.84. The van der Waals surface area contributed by atoms with Gasteiger partial charge in [0.25, 0.3) is 0 Å². The van der Waals surface area contributed by atoms with Crippen LogP contribution in [0.15, 0.2) is 18.2 Å². The van der Waals surface area contributed by atoms with Gasteiger partial charge < -0.3 is 14.8 Å². The monoisotopic (exact) mass is 387 g/mol. The van der Waals surface area contributed by atoms with E-state index in [1.54, 1.807) is 6.08 Å². The summed E-state index contributed by atoms with van der Waals surface area (Å²) in [6, 6.07) is 3.71. The Morgan fingerprint density at radius 3 is 2.44 bits per heavy atom. The number of carbonyl (C=O) groups excluding carboxylic acids is 1. The number of ether oxygens (including phenoxy) is 2. The topological polar surface area (TPSA) is 47.6 Å². The Bertz CT molecular complexity index is 753. The zero-order chi connectivity index (χ0) is 18.4. The highest BCUT2D eigenvalue weighted by Crippen LogP contribution is 2.55. The van der Waals surface area contributed by atoms with E-state index >= 15 is 0 Å². The van der Waals surface area contributed by atoms with Gasteiger partial charge in [-0.3, -0.25) is 4.79 Å². The maximum atomic E-state index is 12.6. The van der Waals surface area contributed by atoms with E-state index in [1.807, 2.05) is 18.2 Å². The second kappa shape index (κ2) is 6.73. The number of rotatable bonds is 3. The highest BCUT2D eigenvalue weighted by Gasteiger charge is 2.51. The van der Waals surface area contributed by atoms with Gasteiger partial charge in [-0.2, -0.15) is 0 Å². The number of nitrogens with one attached hydrogen (secondary N) is 1. The molecule has 6 rings (SSSR count). The van der Waals surface area contributed by atoms with E-state index in [9.17, 15) is 4.79 Å². The van der Waals surface area contributed by atoms with E-state index in [4.69, 9.17) is 21.1 Å². The van der Waals surface area contributed by atoms with E-state index in [0.29, 0.717) is 29.7 Å². The zero-order valence-corrected chi connectivity index (χ0v) is 16.3. The van der Waals surface area contributed by atoms with Crippen LogP contribution in [0.3, 0.4) is 0 Å². The van der Waals surface area contributed by atoms with E-state index in [-0.39, 0.29) is 11.4 Å². The molecule has 0 aromatic heterocycles. The van der Waals surface area contributed by atoms with Crippen molar-refractivity contribution in [3.8, 4) is 11.5 Å². The maximum Gasteiger partial charge on any atom is 0.244 e. The predicted octanol–water partition coefficient (Wildman–Crippen LogP) is 4.60. The lowest BCUT2D eigenvalue weighted by Crippen LogP contribution is -2.59. The third-order valence-electron chi connectivity index (χ3n) is 6.68. The molecule has 0 spiro atoms. The average molecular weight is 388 g/mol. The molecule has 4 bridgehead atoms. The lowest BCUT2D eigenvalue weighted by atomic mass is 9.53. The highest BCUT2D eigenvalue weighted by atomic mass is 35.5. The molecule has 1 aromatic carbocycles. The van der Waals surface area contributed by atoms with Crippen LogP contribution in [0.4, 0.5) is 0 Å². The summed E-state index contributed by atoms with van der Waals surface area (Å²) in [7, 11) is 0. The minimum atomic E-state index is 0.000170. The molecule has 27 heavy (non-hydrogen) atoms. The van der Waals surface area contributed by atoms with Gasteiger partial charge in [-0.1, -0.05) is 11.6 Å². The second-order valence-electron chi connectivity index (χ2n) is 8.90. The Balaban J connectivity index is 1.29. The van der Waals surface area contributed by atoms with E-state index < -0.39 is 0 Å². The first-order chi connectivity index (χ1) is 13.1. The summed E-state index contributed by atoms with van der Waals surface area (Å²) in [5.41, 5.74) is 0.892. The molecule has 0 saturated heterocycles. The van der Waals surface area contributed by atoms with Crippen LogP contribution in [0, 0.1) is 17.8 Å². The lowest BCUT2D eigenvalue weighted by molar-refractivity contribution is -0.122. The Hall–Kier alpha value is -1.68. The second-order valence-corrected chi connectivity index (χ2v) is 9.31. The van der Waals surface area contributed by atoms with Crippen LogP contribution < -0.4 is 14.8 Å². The van der Waals surface area contributed by atoms with Gasteiger partial charge in [0.15, 0.2) is 11.5 Å². The van der Waals surface area contributed by atoms with Crippen LogP contribution >= 0.6 is 11.6 Å². The number of hydrogen-bond acceptors (Lipinski definition) is 3. The van der Waals surface area contributed by atoms with Crippen molar-refractivity contribution in [1.82, 2.24) is 5.32 Å². The third kappa shape index (κ3) is 3.44. The summed E-state index contributed by atoms with van der Waals surface area (Å²) in [6.07, 6.45) is 11.9. The SMILES string of the molecule is O=C(C=Cc1cc(Cl)c2c(c1)OCCCO2)NC12CC3CC(CC(C3)C1)C2. The van der Waals surface area contributed by atoms with E-state index in [1.165, 1.54) is 19.3 Å². The molecule has 4 nitrogen and oxygen atoms in total. The molecule has 5 aliphatic rings. The fraction of sp³-hybridized carbons (Fsp3) is 0.591. The fourth-order valence-electron chi connectivity index (χ4n) is 6.09. The highest BCUT2D eigenvalue weighted by molar-refractivity contribution is 6.32. The summed E-state index contributed by atoms with van der Waals surface area (Å²) in [6.45, 7) is 1.22. The summed E-state index contributed by atoms with van der Waals surface area (Å²) in [5, 5.41) is 3.89. The van der Waals surface area contributed by atoms with Gasteiger partial charge in [0, 0.05) is 18.0 Å². The first-order valence-corrected chi connectivity index (χ1v) is 10.6. The molecule has 1 N–H and O–H groups in total. The largest absolute Gasteiger partial charge is 0.489 e. The zero-order valence-electron chi connectivity index (χ0n) is 15.5. The lowest BCUT2D eigenvalue weighted by Gasteiger charge is -2.56. The molecule has 1 aromatic rings. The molecule has 4 fully saturated rings. The summed E-state index contributed by atoms with van der Waals surface area (Å²) >= 11 is 6.34. The molecule has 4 aliphatic carbocycles. The smallest absolute Gasteiger partial charge is 0.244 e. The van der Waals surface area contributed by atoms with Gasteiger partial charge in [-0.25, -0.2) is 0 Å². The molecule has 4 saturated carbocycles. The van der Waals surface area contributed by atoms with Crippen molar-refractivity contribution in [2.45, 2.75) is 50.5 Å². The van der Waals surface area contributed by atoms with E-state index in [2.05, 4.69) is 5.32 Å².